The molecule has 1 aliphatic rings. The fourth-order valence-corrected chi connectivity index (χ4v) is 3.59. The molecule has 29 heavy (non-hydrogen) atoms. The number of amidine groups is 1. The summed E-state index contributed by atoms with van der Waals surface area (Å²) in [6.45, 7) is 4.02. The van der Waals surface area contributed by atoms with E-state index in [4.69, 9.17) is 21.1 Å². The van der Waals surface area contributed by atoms with E-state index in [2.05, 4.69) is 10.3 Å². The SMILES string of the molecule is CCOc1cc(/C=C2/SC(NC(C)=O)=NC2=O)ccc1OCc1ccccc1Cl. The molecule has 0 radical (unpaired) electrons. The van der Waals surface area contributed by atoms with Crippen molar-refractivity contribution in [1.82, 2.24) is 5.32 Å². The van der Waals surface area contributed by atoms with Crippen LogP contribution in [0, 0.1) is 0 Å². The van der Waals surface area contributed by atoms with Gasteiger partial charge in [0.25, 0.3) is 5.91 Å². The van der Waals surface area contributed by atoms with Crippen LogP contribution < -0.4 is 14.8 Å². The third kappa shape index (κ3) is 5.62. The minimum atomic E-state index is -0.393. The Morgan fingerprint density at radius 2 is 2.00 bits per heavy atom. The molecule has 0 saturated carbocycles. The van der Waals surface area contributed by atoms with Crippen molar-refractivity contribution in [1.29, 1.82) is 0 Å². The molecule has 1 aliphatic heterocycles. The molecule has 1 N–H and O–H groups in total. The zero-order valence-corrected chi connectivity index (χ0v) is 17.5. The molecule has 150 valence electrons. The average molecular weight is 431 g/mol. The van der Waals surface area contributed by atoms with Gasteiger partial charge in [-0.25, -0.2) is 0 Å². The molecule has 0 atom stereocenters. The van der Waals surface area contributed by atoms with E-state index in [1.165, 1.54) is 6.92 Å². The second-order valence-corrected chi connectivity index (χ2v) is 7.47. The maximum absolute atomic E-state index is 12.0. The molecule has 0 spiro atoms. The number of carbonyl (C=O) groups excluding carboxylic acids is 2. The van der Waals surface area contributed by atoms with Crippen LogP contribution in [-0.4, -0.2) is 23.6 Å². The number of aliphatic imine (C=N–C) groups is 1. The van der Waals surface area contributed by atoms with Crippen LogP contribution in [-0.2, 0) is 16.2 Å². The highest BCUT2D eigenvalue weighted by atomic mass is 35.5. The zero-order valence-electron chi connectivity index (χ0n) is 15.9. The van der Waals surface area contributed by atoms with E-state index >= 15 is 0 Å². The van der Waals surface area contributed by atoms with Crippen molar-refractivity contribution in [3.63, 3.8) is 0 Å². The highest BCUT2D eigenvalue weighted by Gasteiger charge is 2.22. The van der Waals surface area contributed by atoms with Crippen LogP contribution in [0.3, 0.4) is 0 Å². The Hall–Kier alpha value is -2.77. The van der Waals surface area contributed by atoms with Gasteiger partial charge in [-0.3, -0.25) is 9.59 Å². The fraction of sp³-hybridized carbons (Fsp3) is 0.190. The molecule has 6 nitrogen and oxygen atoms in total. The van der Waals surface area contributed by atoms with Crippen molar-refractivity contribution < 1.29 is 19.1 Å². The smallest absolute Gasteiger partial charge is 0.286 e. The second-order valence-electron chi connectivity index (χ2n) is 6.03. The summed E-state index contributed by atoms with van der Waals surface area (Å²) >= 11 is 7.30. The van der Waals surface area contributed by atoms with Crippen LogP contribution in [0.15, 0.2) is 52.4 Å². The summed E-state index contributed by atoms with van der Waals surface area (Å²) in [5, 5.41) is 3.44. The first-order valence-corrected chi connectivity index (χ1v) is 10.1. The molecule has 0 fully saturated rings. The number of rotatable bonds is 6. The Bertz CT molecular complexity index is 1000. The van der Waals surface area contributed by atoms with Gasteiger partial charge in [-0.05, 0) is 48.5 Å². The largest absolute Gasteiger partial charge is 0.490 e. The first-order chi connectivity index (χ1) is 14.0. The minimum absolute atomic E-state index is 0.274. The molecule has 8 heteroatoms. The molecule has 0 saturated heterocycles. The number of carbonyl (C=O) groups is 2. The van der Waals surface area contributed by atoms with E-state index in [0.717, 1.165) is 22.9 Å². The monoisotopic (exact) mass is 430 g/mol. The second kappa shape index (κ2) is 9.62. The summed E-state index contributed by atoms with van der Waals surface area (Å²) in [7, 11) is 0. The number of halogens is 1. The lowest BCUT2D eigenvalue weighted by molar-refractivity contribution is -0.117. The standard InChI is InChI=1S/C21H19ClN2O4S/c1-3-27-18-10-14(11-19-20(26)24-21(29-19)23-13(2)25)8-9-17(18)28-12-15-6-4-5-7-16(15)22/h4-11H,3,12H2,1-2H3,(H,23,24,25,26)/b19-11+. The normalized spacial score (nSPS) is 14.7. The van der Waals surface area contributed by atoms with Crippen LogP contribution in [0.2, 0.25) is 5.02 Å². The lowest BCUT2D eigenvalue weighted by atomic mass is 10.2. The van der Waals surface area contributed by atoms with E-state index in [9.17, 15) is 9.59 Å². The van der Waals surface area contributed by atoms with Gasteiger partial charge in [-0.15, -0.1) is 0 Å². The van der Waals surface area contributed by atoms with Gasteiger partial charge in [0.15, 0.2) is 16.7 Å². The maximum Gasteiger partial charge on any atom is 0.286 e. The molecular formula is C21H19ClN2O4S. The number of ether oxygens (including phenoxy) is 2. The summed E-state index contributed by atoms with van der Waals surface area (Å²) in [5.74, 6) is 0.474. The van der Waals surface area contributed by atoms with Gasteiger partial charge in [0, 0.05) is 17.5 Å². The molecule has 2 aromatic carbocycles. The first-order valence-electron chi connectivity index (χ1n) is 8.89. The maximum atomic E-state index is 12.0. The van der Waals surface area contributed by atoms with Gasteiger partial charge < -0.3 is 14.8 Å². The molecule has 2 amide bonds. The molecule has 1 heterocycles. The number of thioether (sulfide) groups is 1. The van der Waals surface area contributed by atoms with Gasteiger partial charge in [0.05, 0.1) is 11.5 Å². The van der Waals surface area contributed by atoms with Crippen LogP contribution in [0.5, 0.6) is 11.5 Å². The predicted molar refractivity (Wildman–Crippen MR) is 115 cm³/mol. The van der Waals surface area contributed by atoms with Crippen LogP contribution in [0.1, 0.15) is 25.0 Å². The first kappa shape index (κ1) is 21.0. The minimum Gasteiger partial charge on any atom is -0.490 e. The summed E-state index contributed by atoms with van der Waals surface area (Å²) in [4.78, 5) is 27.4. The Balaban J connectivity index is 1.77. The summed E-state index contributed by atoms with van der Waals surface area (Å²) < 4.78 is 11.6. The lowest BCUT2D eigenvalue weighted by Gasteiger charge is -2.13. The Morgan fingerprint density at radius 1 is 1.21 bits per heavy atom. The molecule has 0 aromatic heterocycles. The summed E-state index contributed by atoms with van der Waals surface area (Å²) in [6.07, 6.45) is 1.70. The molecule has 2 aromatic rings. The molecule has 0 bridgehead atoms. The number of hydrogen-bond donors (Lipinski definition) is 1. The van der Waals surface area contributed by atoms with Crippen LogP contribution in [0.25, 0.3) is 6.08 Å². The highest BCUT2D eigenvalue weighted by Crippen LogP contribution is 2.33. The fourth-order valence-electron chi connectivity index (χ4n) is 2.54. The van der Waals surface area contributed by atoms with Crippen LogP contribution >= 0.6 is 23.4 Å². The van der Waals surface area contributed by atoms with E-state index in [1.807, 2.05) is 37.3 Å². The number of nitrogens with zero attached hydrogens (tertiary/aromatic N) is 1. The lowest BCUT2D eigenvalue weighted by Crippen LogP contribution is -2.23. The Labute approximate surface area is 177 Å². The highest BCUT2D eigenvalue weighted by molar-refractivity contribution is 8.18. The third-order valence-electron chi connectivity index (χ3n) is 3.81. The Kier molecular flexibility index (Phi) is 6.95. The summed E-state index contributed by atoms with van der Waals surface area (Å²) in [6, 6.07) is 12.9. The van der Waals surface area contributed by atoms with E-state index in [-0.39, 0.29) is 11.1 Å². The van der Waals surface area contributed by atoms with Crippen molar-refractivity contribution in [2.24, 2.45) is 4.99 Å². The van der Waals surface area contributed by atoms with Gasteiger partial charge in [-0.2, -0.15) is 4.99 Å². The van der Waals surface area contributed by atoms with Crippen molar-refractivity contribution in [2.45, 2.75) is 20.5 Å². The van der Waals surface area contributed by atoms with E-state index in [0.29, 0.717) is 34.6 Å². The van der Waals surface area contributed by atoms with Crippen LogP contribution in [0.4, 0.5) is 0 Å². The number of hydrogen-bond acceptors (Lipinski definition) is 5. The topological polar surface area (TPSA) is 77.0 Å². The number of nitrogens with one attached hydrogen (secondary N) is 1. The van der Waals surface area contributed by atoms with Gasteiger partial charge in [0.1, 0.15) is 6.61 Å². The van der Waals surface area contributed by atoms with Gasteiger partial charge >= 0.3 is 0 Å². The van der Waals surface area contributed by atoms with E-state index < -0.39 is 5.91 Å². The van der Waals surface area contributed by atoms with Crippen molar-refractivity contribution in [3.8, 4) is 11.5 Å². The van der Waals surface area contributed by atoms with Crippen molar-refractivity contribution in [3.05, 3.63) is 63.5 Å². The zero-order chi connectivity index (χ0) is 20.8. The predicted octanol–water partition coefficient (Wildman–Crippen LogP) is 4.42. The molecule has 0 unspecified atom stereocenters. The third-order valence-corrected chi connectivity index (χ3v) is 5.08. The molecular weight excluding hydrogens is 412 g/mol. The molecule has 3 rings (SSSR count). The van der Waals surface area contributed by atoms with Crippen molar-refractivity contribution in [2.75, 3.05) is 6.61 Å². The quantitative estimate of drug-likeness (QED) is 0.686. The number of amides is 2. The van der Waals surface area contributed by atoms with Crippen molar-refractivity contribution >= 4 is 46.4 Å². The van der Waals surface area contributed by atoms with Gasteiger partial charge in [0.2, 0.25) is 5.91 Å². The summed E-state index contributed by atoms with van der Waals surface area (Å²) in [5.41, 5.74) is 1.63. The average Bonchev–Trinajstić information content (AvgIpc) is 3.00. The van der Waals surface area contributed by atoms with Gasteiger partial charge in [-0.1, -0.05) is 35.9 Å². The van der Waals surface area contributed by atoms with E-state index in [1.54, 1.807) is 18.2 Å². The number of benzene rings is 2. The molecule has 0 aliphatic carbocycles. The Morgan fingerprint density at radius 3 is 2.72 bits per heavy atom.